The summed E-state index contributed by atoms with van der Waals surface area (Å²) in [6, 6.07) is 18.6. The summed E-state index contributed by atoms with van der Waals surface area (Å²) in [5.74, 6) is 0.0552. The third-order valence-corrected chi connectivity index (χ3v) is 5.48. The molecule has 4 rings (SSSR count). The summed E-state index contributed by atoms with van der Waals surface area (Å²) in [6.45, 7) is 2.01. The molecule has 4 nitrogen and oxygen atoms in total. The lowest BCUT2D eigenvalue weighted by atomic mass is 9.90. The van der Waals surface area contributed by atoms with Gasteiger partial charge in [-0.15, -0.1) is 0 Å². The third-order valence-electron chi connectivity index (χ3n) is 5.48. The van der Waals surface area contributed by atoms with Crippen LogP contribution in [-0.2, 0) is 9.53 Å². The van der Waals surface area contributed by atoms with Gasteiger partial charge in [-0.25, -0.2) is 0 Å². The lowest BCUT2D eigenvalue weighted by Gasteiger charge is -2.43. The number of anilines is 1. The van der Waals surface area contributed by atoms with Gasteiger partial charge in [0, 0.05) is 23.8 Å². The molecule has 1 N–H and O–H groups in total. The summed E-state index contributed by atoms with van der Waals surface area (Å²) in [5, 5.41) is 3.13. The number of fused-ring (bicyclic) bond motifs is 1. The van der Waals surface area contributed by atoms with Crippen LogP contribution in [0.4, 0.5) is 5.69 Å². The number of hydrogen-bond donors (Lipinski definition) is 1. The summed E-state index contributed by atoms with van der Waals surface area (Å²) < 4.78 is 5.92. The summed E-state index contributed by atoms with van der Waals surface area (Å²) in [7, 11) is 0. The molecular weight excluding hydrogens is 324 g/mol. The van der Waals surface area contributed by atoms with Crippen molar-refractivity contribution >= 4 is 11.6 Å². The first-order chi connectivity index (χ1) is 12.8. The Morgan fingerprint density at radius 1 is 1.04 bits per heavy atom. The van der Waals surface area contributed by atoms with Gasteiger partial charge in [-0.3, -0.25) is 9.69 Å². The van der Waals surface area contributed by atoms with Crippen molar-refractivity contribution < 1.29 is 9.53 Å². The Bertz CT molecular complexity index is 745. The average Bonchev–Trinajstić information content (AvgIpc) is 2.69. The van der Waals surface area contributed by atoms with Crippen molar-refractivity contribution in [2.24, 2.45) is 0 Å². The average molecular weight is 350 g/mol. The first-order valence-electron chi connectivity index (χ1n) is 9.61. The predicted molar refractivity (Wildman–Crippen MR) is 104 cm³/mol. The first kappa shape index (κ1) is 17.3. The van der Waals surface area contributed by atoms with E-state index in [0.29, 0.717) is 18.7 Å². The number of nitrogens with one attached hydrogen (secondary N) is 1. The smallest absolute Gasteiger partial charge is 0.238 e. The fraction of sp³-hybridized carbons (Fsp3) is 0.409. The molecule has 1 saturated carbocycles. The van der Waals surface area contributed by atoms with E-state index in [1.165, 1.54) is 12.8 Å². The van der Waals surface area contributed by atoms with Crippen molar-refractivity contribution in [3.05, 3.63) is 54.6 Å². The monoisotopic (exact) mass is 350 g/mol. The second-order valence-corrected chi connectivity index (χ2v) is 7.19. The Labute approximate surface area is 155 Å². The van der Waals surface area contributed by atoms with Gasteiger partial charge in [0.05, 0.1) is 19.3 Å². The van der Waals surface area contributed by atoms with E-state index in [4.69, 9.17) is 4.74 Å². The Morgan fingerprint density at radius 3 is 2.69 bits per heavy atom. The third kappa shape index (κ3) is 3.81. The van der Waals surface area contributed by atoms with Gasteiger partial charge in [0.25, 0.3) is 0 Å². The van der Waals surface area contributed by atoms with E-state index in [9.17, 15) is 4.79 Å². The van der Waals surface area contributed by atoms with Crippen molar-refractivity contribution in [3.63, 3.8) is 0 Å². The molecule has 1 heterocycles. The maximum absolute atomic E-state index is 12.7. The van der Waals surface area contributed by atoms with Gasteiger partial charge in [-0.1, -0.05) is 61.4 Å². The van der Waals surface area contributed by atoms with Crippen LogP contribution in [0.25, 0.3) is 11.1 Å². The highest BCUT2D eigenvalue weighted by molar-refractivity contribution is 5.96. The molecule has 0 aromatic heterocycles. The number of hydrogen-bond acceptors (Lipinski definition) is 3. The minimum Gasteiger partial charge on any atom is -0.375 e. The second-order valence-electron chi connectivity index (χ2n) is 7.19. The van der Waals surface area contributed by atoms with E-state index in [1.54, 1.807) is 0 Å². The topological polar surface area (TPSA) is 41.6 Å². The minimum absolute atomic E-state index is 0.0552. The number of nitrogens with zero attached hydrogens (tertiary/aromatic N) is 1. The number of amides is 1. The Morgan fingerprint density at radius 2 is 1.81 bits per heavy atom. The van der Waals surface area contributed by atoms with E-state index in [2.05, 4.69) is 28.4 Å². The largest absolute Gasteiger partial charge is 0.375 e. The molecule has 1 saturated heterocycles. The maximum atomic E-state index is 12.7. The van der Waals surface area contributed by atoms with Gasteiger partial charge in [0.1, 0.15) is 0 Å². The fourth-order valence-corrected chi connectivity index (χ4v) is 4.21. The Kier molecular flexibility index (Phi) is 5.32. The van der Waals surface area contributed by atoms with E-state index < -0.39 is 0 Å². The highest BCUT2D eigenvalue weighted by Crippen LogP contribution is 2.29. The normalized spacial score (nSPS) is 23.2. The van der Waals surface area contributed by atoms with Crippen LogP contribution in [0.3, 0.4) is 0 Å². The number of rotatable bonds is 4. The van der Waals surface area contributed by atoms with Crippen molar-refractivity contribution in [2.45, 2.75) is 37.8 Å². The zero-order valence-corrected chi connectivity index (χ0v) is 15.1. The SMILES string of the molecule is O=C(CN1CCOC2CCCCC21)Nc1ccccc1-c1ccccc1. The molecule has 26 heavy (non-hydrogen) atoms. The molecule has 0 spiro atoms. The predicted octanol–water partition coefficient (Wildman–Crippen LogP) is 3.94. The number of para-hydroxylation sites is 1. The molecule has 1 aliphatic carbocycles. The van der Waals surface area contributed by atoms with Gasteiger partial charge in [-0.05, 0) is 24.5 Å². The highest BCUT2D eigenvalue weighted by Gasteiger charge is 2.34. The molecule has 2 aliphatic rings. The van der Waals surface area contributed by atoms with Gasteiger partial charge >= 0.3 is 0 Å². The van der Waals surface area contributed by atoms with E-state index >= 15 is 0 Å². The van der Waals surface area contributed by atoms with Crippen molar-refractivity contribution in [1.29, 1.82) is 0 Å². The van der Waals surface area contributed by atoms with Crippen molar-refractivity contribution in [2.75, 3.05) is 25.0 Å². The zero-order chi connectivity index (χ0) is 17.8. The molecule has 2 atom stereocenters. The lowest BCUT2D eigenvalue weighted by Crippen LogP contribution is -2.54. The van der Waals surface area contributed by atoms with Crippen LogP contribution in [-0.4, -0.2) is 42.6 Å². The van der Waals surface area contributed by atoms with Crippen molar-refractivity contribution in [3.8, 4) is 11.1 Å². The molecule has 1 amide bonds. The Hall–Kier alpha value is -2.17. The van der Waals surface area contributed by atoms with E-state index in [-0.39, 0.29) is 5.91 Å². The summed E-state index contributed by atoms with van der Waals surface area (Å²) in [5.41, 5.74) is 3.04. The summed E-state index contributed by atoms with van der Waals surface area (Å²) >= 11 is 0. The molecule has 2 fully saturated rings. The molecule has 136 valence electrons. The number of carbonyl (C=O) groups excluding carboxylic acids is 1. The van der Waals surface area contributed by atoms with Gasteiger partial charge in [0.15, 0.2) is 0 Å². The van der Waals surface area contributed by atoms with Crippen LogP contribution in [0, 0.1) is 0 Å². The molecular formula is C22H26N2O2. The molecule has 0 bridgehead atoms. The van der Waals surface area contributed by atoms with Crippen LogP contribution < -0.4 is 5.32 Å². The maximum Gasteiger partial charge on any atom is 0.238 e. The quantitative estimate of drug-likeness (QED) is 0.908. The van der Waals surface area contributed by atoms with Crippen LogP contribution in [0.15, 0.2) is 54.6 Å². The van der Waals surface area contributed by atoms with Crippen LogP contribution >= 0.6 is 0 Å². The lowest BCUT2D eigenvalue weighted by molar-refractivity contribution is -0.124. The minimum atomic E-state index is 0.0552. The molecule has 0 radical (unpaired) electrons. The van der Waals surface area contributed by atoms with Crippen LogP contribution in [0.2, 0.25) is 0 Å². The number of benzene rings is 2. The van der Waals surface area contributed by atoms with Gasteiger partial charge in [-0.2, -0.15) is 0 Å². The molecule has 2 aromatic rings. The number of morpholine rings is 1. The first-order valence-corrected chi connectivity index (χ1v) is 9.61. The molecule has 2 aromatic carbocycles. The summed E-state index contributed by atoms with van der Waals surface area (Å²) in [6.07, 6.45) is 5.05. The molecule has 4 heteroatoms. The molecule has 1 aliphatic heterocycles. The summed E-state index contributed by atoms with van der Waals surface area (Å²) in [4.78, 5) is 15.1. The van der Waals surface area contributed by atoms with Crippen LogP contribution in [0.5, 0.6) is 0 Å². The number of ether oxygens (including phenoxy) is 1. The van der Waals surface area contributed by atoms with Crippen molar-refractivity contribution in [1.82, 2.24) is 4.90 Å². The Balaban J connectivity index is 1.45. The standard InChI is InChI=1S/C22H26N2O2/c25-22(16-24-14-15-26-21-13-7-6-12-20(21)24)23-19-11-5-4-10-18(19)17-8-2-1-3-9-17/h1-5,8-11,20-21H,6-7,12-16H2,(H,23,25). The second kappa shape index (κ2) is 8.02. The zero-order valence-electron chi connectivity index (χ0n) is 15.1. The van der Waals surface area contributed by atoms with Crippen LogP contribution in [0.1, 0.15) is 25.7 Å². The van der Waals surface area contributed by atoms with E-state index in [1.807, 2.05) is 36.4 Å². The molecule has 2 unspecified atom stereocenters. The number of carbonyl (C=O) groups is 1. The van der Waals surface area contributed by atoms with Gasteiger partial charge < -0.3 is 10.1 Å². The van der Waals surface area contributed by atoms with E-state index in [0.717, 1.165) is 42.8 Å². The fourth-order valence-electron chi connectivity index (χ4n) is 4.21. The highest BCUT2D eigenvalue weighted by atomic mass is 16.5. The van der Waals surface area contributed by atoms with Gasteiger partial charge in [0.2, 0.25) is 5.91 Å².